The highest BCUT2D eigenvalue weighted by Crippen LogP contribution is 2.11. The van der Waals surface area contributed by atoms with Crippen molar-refractivity contribution >= 4 is 23.9 Å². The smallest absolute Gasteiger partial charge is 0.414 e. The van der Waals surface area contributed by atoms with Crippen LogP contribution in [-0.4, -0.2) is 44.3 Å². The molecule has 0 fully saturated rings. The molecule has 0 saturated carbocycles. The summed E-state index contributed by atoms with van der Waals surface area (Å²) >= 11 is 0. The van der Waals surface area contributed by atoms with Crippen molar-refractivity contribution in [1.29, 1.82) is 0 Å². The summed E-state index contributed by atoms with van der Waals surface area (Å²) in [6, 6.07) is 0. The van der Waals surface area contributed by atoms with Gasteiger partial charge in [0.2, 0.25) is 0 Å². The molecule has 0 aromatic heterocycles. The van der Waals surface area contributed by atoms with Gasteiger partial charge < -0.3 is 20.4 Å². The highest BCUT2D eigenvalue weighted by atomic mass is 16.4. The molecule has 0 heterocycles. The molecule has 0 bridgehead atoms. The van der Waals surface area contributed by atoms with Crippen molar-refractivity contribution in [2.24, 2.45) is 0 Å². The molecule has 0 rings (SSSR count). The zero-order valence-corrected chi connectivity index (χ0v) is 29.5. The van der Waals surface area contributed by atoms with E-state index in [4.69, 9.17) is 30.0 Å². The second kappa shape index (κ2) is 42.4. The zero-order valence-electron chi connectivity index (χ0n) is 29.5. The maximum Gasteiger partial charge on any atom is 0.414 e. The molecule has 0 unspecified atom stereocenters. The molecule has 0 aromatic rings. The van der Waals surface area contributed by atoms with Crippen LogP contribution in [0.3, 0.4) is 0 Å². The molecule has 0 radical (unpaired) electrons. The zero-order chi connectivity index (χ0) is 34.9. The molecule has 0 aliphatic rings. The summed E-state index contributed by atoms with van der Waals surface area (Å²) in [5, 5.41) is 31.8. The van der Waals surface area contributed by atoms with Crippen molar-refractivity contribution in [3.05, 3.63) is 24.3 Å². The molecule has 46 heavy (non-hydrogen) atoms. The van der Waals surface area contributed by atoms with Gasteiger partial charge in [-0.3, -0.25) is 9.59 Å². The quantitative estimate of drug-likeness (QED) is 0.0339. The van der Waals surface area contributed by atoms with Gasteiger partial charge >= 0.3 is 23.9 Å². The van der Waals surface area contributed by atoms with Gasteiger partial charge in [0, 0.05) is 12.8 Å². The van der Waals surface area contributed by atoms with Gasteiger partial charge in [0.1, 0.15) is 0 Å². The third-order valence-electron chi connectivity index (χ3n) is 7.49. The Labute approximate surface area is 281 Å². The molecule has 8 heteroatoms. The first-order valence-corrected chi connectivity index (χ1v) is 18.4. The van der Waals surface area contributed by atoms with E-state index in [1.54, 1.807) is 0 Å². The monoisotopic (exact) mass is 655 g/mol. The average Bonchev–Trinajstić information content (AvgIpc) is 3.01. The van der Waals surface area contributed by atoms with Crippen LogP contribution in [0.15, 0.2) is 24.3 Å². The number of unbranched alkanes of at least 4 members (excludes halogenated alkanes) is 22. The van der Waals surface area contributed by atoms with E-state index < -0.39 is 23.9 Å². The summed E-state index contributed by atoms with van der Waals surface area (Å²) in [5.41, 5.74) is 0. The summed E-state index contributed by atoms with van der Waals surface area (Å²) in [6.45, 7) is 4.52. The van der Waals surface area contributed by atoms with Crippen LogP contribution < -0.4 is 0 Å². The fourth-order valence-electron chi connectivity index (χ4n) is 4.69. The van der Waals surface area contributed by atoms with Crippen LogP contribution in [-0.2, 0) is 19.2 Å². The third kappa shape index (κ3) is 53.9. The lowest BCUT2D eigenvalue weighted by atomic mass is 10.1. The van der Waals surface area contributed by atoms with Crippen LogP contribution >= 0.6 is 0 Å². The summed E-state index contributed by atoms with van der Waals surface area (Å²) in [6.07, 6.45) is 42.5. The molecule has 0 saturated heterocycles. The molecule has 0 aliphatic carbocycles. The maximum atomic E-state index is 10.3. The van der Waals surface area contributed by atoms with E-state index >= 15 is 0 Å². The van der Waals surface area contributed by atoms with Gasteiger partial charge in [0.25, 0.3) is 0 Å². The van der Waals surface area contributed by atoms with Gasteiger partial charge in [-0.15, -0.1) is 0 Å². The number of carboxylic acid groups (broad SMARTS) is 4. The first-order chi connectivity index (χ1) is 22.2. The van der Waals surface area contributed by atoms with Crippen LogP contribution in [0.5, 0.6) is 0 Å². The maximum absolute atomic E-state index is 10.3. The lowest BCUT2D eigenvalue weighted by Gasteiger charge is -1.99. The van der Waals surface area contributed by atoms with Gasteiger partial charge in [0.15, 0.2) is 0 Å². The number of carbonyl (C=O) groups is 4. The number of hydrogen-bond acceptors (Lipinski definition) is 4. The first kappa shape index (κ1) is 47.8. The minimum atomic E-state index is -1.82. The topological polar surface area (TPSA) is 149 Å². The Morgan fingerprint density at radius 3 is 0.783 bits per heavy atom. The molecule has 0 aliphatic heterocycles. The Morgan fingerprint density at radius 2 is 0.565 bits per heavy atom. The van der Waals surface area contributed by atoms with E-state index in [1.165, 1.54) is 141 Å². The normalized spacial score (nSPS) is 10.7. The average molecular weight is 655 g/mol. The van der Waals surface area contributed by atoms with Crippen molar-refractivity contribution in [3.8, 4) is 0 Å². The molecule has 0 spiro atoms. The molecule has 0 atom stereocenters. The lowest BCUT2D eigenvalue weighted by Crippen LogP contribution is -2.09. The second-order valence-electron chi connectivity index (χ2n) is 12.1. The van der Waals surface area contributed by atoms with Crippen molar-refractivity contribution in [2.75, 3.05) is 0 Å². The van der Waals surface area contributed by atoms with E-state index in [2.05, 4.69) is 38.2 Å². The number of carboxylic acids is 4. The summed E-state index contributed by atoms with van der Waals surface area (Å²) in [5.74, 6) is -4.98. The van der Waals surface area contributed by atoms with Gasteiger partial charge in [-0.2, -0.15) is 0 Å². The van der Waals surface area contributed by atoms with Gasteiger partial charge in [-0.1, -0.05) is 141 Å². The highest BCUT2D eigenvalue weighted by Gasteiger charge is 2.04. The molecule has 270 valence electrons. The predicted octanol–water partition coefficient (Wildman–Crippen LogP) is 11.4. The van der Waals surface area contributed by atoms with E-state index in [0.717, 1.165) is 25.7 Å². The standard InChI is InChI=1S/2C18H34O2.C2H2O4/c2*1-2-3-4-5-6-7-8-9-10-11-12-13-14-15-16-17-18(19)20;3-1(4)2(5)6/h2*9-10H,2-8,11-17H2,1H3,(H,19,20);(H,3,4)(H,5,6)/b2*10-9-;. The number of allylic oxidation sites excluding steroid dienone is 4. The lowest BCUT2D eigenvalue weighted by molar-refractivity contribution is -0.159. The van der Waals surface area contributed by atoms with Crippen LogP contribution in [0, 0.1) is 0 Å². The summed E-state index contributed by atoms with van der Waals surface area (Å²) < 4.78 is 0. The summed E-state index contributed by atoms with van der Waals surface area (Å²) in [7, 11) is 0. The van der Waals surface area contributed by atoms with Crippen LogP contribution in [0.2, 0.25) is 0 Å². The van der Waals surface area contributed by atoms with Gasteiger partial charge in [0.05, 0.1) is 0 Å². The first-order valence-electron chi connectivity index (χ1n) is 18.4. The van der Waals surface area contributed by atoms with E-state index in [-0.39, 0.29) is 0 Å². The van der Waals surface area contributed by atoms with Crippen LogP contribution in [0.1, 0.15) is 194 Å². The largest absolute Gasteiger partial charge is 0.481 e. The van der Waals surface area contributed by atoms with Gasteiger partial charge in [-0.25, -0.2) is 9.59 Å². The van der Waals surface area contributed by atoms with Crippen molar-refractivity contribution in [2.45, 2.75) is 194 Å². The minimum Gasteiger partial charge on any atom is -0.481 e. The Balaban J connectivity index is -0.000000682. The molecule has 0 aromatic carbocycles. The predicted molar refractivity (Wildman–Crippen MR) is 189 cm³/mol. The van der Waals surface area contributed by atoms with Crippen molar-refractivity contribution in [1.82, 2.24) is 0 Å². The second-order valence-corrected chi connectivity index (χ2v) is 12.1. The molecule has 4 N–H and O–H groups in total. The highest BCUT2D eigenvalue weighted by molar-refractivity contribution is 6.27. The Morgan fingerprint density at radius 1 is 0.348 bits per heavy atom. The fraction of sp³-hybridized carbons (Fsp3) is 0.789. The Hall–Kier alpha value is -2.64. The number of aliphatic carboxylic acids is 4. The SMILES string of the molecule is CCCCCCCC/C=C\CCCCCCCC(=O)O.CCCCCCCC/C=C\CCCCCCCC(=O)O.O=C(O)C(=O)O. The fourth-order valence-corrected chi connectivity index (χ4v) is 4.69. The van der Waals surface area contributed by atoms with E-state index in [9.17, 15) is 9.59 Å². The third-order valence-corrected chi connectivity index (χ3v) is 7.49. The van der Waals surface area contributed by atoms with Crippen molar-refractivity contribution < 1.29 is 39.6 Å². The van der Waals surface area contributed by atoms with Crippen LogP contribution in [0.4, 0.5) is 0 Å². The number of rotatable bonds is 30. The summed E-state index contributed by atoms with van der Waals surface area (Å²) in [4.78, 5) is 38.8. The molecular weight excluding hydrogens is 584 g/mol. The van der Waals surface area contributed by atoms with Crippen LogP contribution in [0.25, 0.3) is 0 Å². The van der Waals surface area contributed by atoms with Gasteiger partial charge in [-0.05, 0) is 64.2 Å². The molecule has 8 nitrogen and oxygen atoms in total. The molecular formula is C38H70O8. The van der Waals surface area contributed by atoms with Crippen molar-refractivity contribution in [3.63, 3.8) is 0 Å². The Kier molecular flexibility index (Phi) is 44.0. The minimum absolute atomic E-state index is 0.332. The van der Waals surface area contributed by atoms with E-state index in [1.807, 2.05) is 0 Å². The Bertz CT molecular complexity index is 683. The molecule has 0 amide bonds. The number of hydrogen-bond donors (Lipinski definition) is 4. The van der Waals surface area contributed by atoms with E-state index in [0.29, 0.717) is 12.8 Å².